The lowest BCUT2D eigenvalue weighted by atomic mass is 10.0. The van der Waals surface area contributed by atoms with Crippen molar-refractivity contribution < 1.29 is 13.9 Å². The van der Waals surface area contributed by atoms with Gasteiger partial charge in [-0.05, 0) is 37.8 Å². The summed E-state index contributed by atoms with van der Waals surface area (Å²) in [4.78, 5) is 18.9. The standard InChI is InChI=1S/C19H26N4O3/c24-19(18-4-3-17(26-18)13-23-10-7-20-14-23)21-15-5-8-22(9-6-15)12-16-2-1-11-25-16/h3-4,7,10,14-16H,1-2,5-6,8-9,11-13H2,(H,21,24). The summed E-state index contributed by atoms with van der Waals surface area (Å²) in [6, 6.07) is 3.80. The molecule has 7 nitrogen and oxygen atoms in total. The molecule has 0 aliphatic carbocycles. The van der Waals surface area contributed by atoms with Crippen LogP contribution in [0.25, 0.3) is 0 Å². The van der Waals surface area contributed by atoms with Gasteiger partial charge < -0.3 is 23.9 Å². The lowest BCUT2D eigenvalue weighted by molar-refractivity contribution is 0.0609. The third-order valence-corrected chi connectivity index (χ3v) is 5.19. The molecule has 1 unspecified atom stereocenters. The average Bonchev–Trinajstić information content (AvgIpc) is 3.40. The predicted octanol–water partition coefficient (Wildman–Crippen LogP) is 1.90. The number of aromatic nitrogens is 2. The maximum Gasteiger partial charge on any atom is 0.287 e. The number of rotatable bonds is 6. The molecule has 1 N–H and O–H groups in total. The normalized spacial score (nSPS) is 21.9. The van der Waals surface area contributed by atoms with Gasteiger partial charge in [-0.2, -0.15) is 0 Å². The Morgan fingerprint density at radius 1 is 1.27 bits per heavy atom. The Morgan fingerprint density at radius 3 is 2.88 bits per heavy atom. The Hall–Kier alpha value is -2.12. The SMILES string of the molecule is O=C(NC1CCN(CC2CCCO2)CC1)c1ccc(Cn2ccnc2)o1. The van der Waals surface area contributed by atoms with Crippen LogP contribution in [0.15, 0.2) is 35.3 Å². The van der Waals surface area contributed by atoms with E-state index in [1.54, 1.807) is 18.6 Å². The Labute approximate surface area is 153 Å². The minimum atomic E-state index is -0.126. The highest BCUT2D eigenvalue weighted by molar-refractivity contribution is 5.91. The smallest absolute Gasteiger partial charge is 0.287 e. The molecular weight excluding hydrogens is 332 g/mol. The lowest BCUT2D eigenvalue weighted by Gasteiger charge is -2.33. The maximum absolute atomic E-state index is 12.4. The van der Waals surface area contributed by atoms with Gasteiger partial charge >= 0.3 is 0 Å². The number of hydrogen-bond acceptors (Lipinski definition) is 5. The van der Waals surface area contributed by atoms with Crippen molar-refractivity contribution in [3.63, 3.8) is 0 Å². The molecule has 140 valence electrons. The second-order valence-electron chi connectivity index (χ2n) is 7.18. The van der Waals surface area contributed by atoms with Gasteiger partial charge in [0, 0.05) is 44.7 Å². The van der Waals surface area contributed by atoms with E-state index in [0.717, 1.165) is 44.8 Å². The number of piperidine rings is 1. The number of ether oxygens (including phenoxy) is 1. The molecule has 2 aromatic heterocycles. The molecule has 4 rings (SSSR count). The molecule has 2 aliphatic heterocycles. The van der Waals surface area contributed by atoms with Crippen LogP contribution < -0.4 is 5.32 Å². The number of nitrogens with zero attached hydrogens (tertiary/aromatic N) is 3. The van der Waals surface area contributed by atoms with Crippen molar-refractivity contribution in [3.05, 3.63) is 42.4 Å². The highest BCUT2D eigenvalue weighted by Crippen LogP contribution is 2.17. The topological polar surface area (TPSA) is 72.5 Å². The molecule has 0 spiro atoms. The summed E-state index contributed by atoms with van der Waals surface area (Å²) in [6.45, 7) is 4.53. The summed E-state index contributed by atoms with van der Waals surface area (Å²) in [6.07, 6.45) is 10.0. The van der Waals surface area contributed by atoms with Gasteiger partial charge in [0.05, 0.1) is 19.0 Å². The molecule has 2 aliphatic rings. The number of hydrogen-bond donors (Lipinski definition) is 1. The van der Waals surface area contributed by atoms with Crippen LogP contribution >= 0.6 is 0 Å². The quantitative estimate of drug-likeness (QED) is 0.854. The molecule has 0 aromatic carbocycles. The molecule has 7 heteroatoms. The molecule has 1 atom stereocenters. The second kappa shape index (κ2) is 8.05. The summed E-state index contributed by atoms with van der Waals surface area (Å²) in [5, 5.41) is 3.11. The molecule has 2 aromatic rings. The highest BCUT2D eigenvalue weighted by atomic mass is 16.5. The summed E-state index contributed by atoms with van der Waals surface area (Å²) in [5.74, 6) is 1.00. The third kappa shape index (κ3) is 4.34. The van der Waals surface area contributed by atoms with Gasteiger partial charge in [0.25, 0.3) is 5.91 Å². The molecule has 26 heavy (non-hydrogen) atoms. The number of nitrogens with one attached hydrogen (secondary N) is 1. The van der Waals surface area contributed by atoms with Crippen molar-refractivity contribution in [1.82, 2.24) is 19.8 Å². The molecule has 0 bridgehead atoms. The van der Waals surface area contributed by atoms with Gasteiger partial charge in [-0.1, -0.05) is 0 Å². The highest BCUT2D eigenvalue weighted by Gasteiger charge is 2.25. The first-order valence-electron chi connectivity index (χ1n) is 9.45. The van der Waals surface area contributed by atoms with Crippen LogP contribution in [0.4, 0.5) is 0 Å². The van der Waals surface area contributed by atoms with Gasteiger partial charge in [-0.25, -0.2) is 4.98 Å². The van der Waals surface area contributed by atoms with Crippen molar-refractivity contribution >= 4 is 5.91 Å². The van der Waals surface area contributed by atoms with E-state index in [2.05, 4.69) is 15.2 Å². The molecular formula is C19H26N4O3. The van der Waals surface area contributed by atoms with Gasteiger partial charge in [-0.15, -0.1) is 0 Å². The van der Waals surface area contributed by atoms with E-state index in [-0.39, 0.29) is 11.9 Å². The molecule has 0 radical (unpaired) electrons. The zero-order valence-corrected chi connectivity index (χ0v) is 15.0. The number of likely N-dealkylation sites (tertiary alicyclic amines) is 1. The zero-order chi connectivity index (χ0) is 17.8. The van der Waals surface area contributed by atoms with Crippen LogP contribution in [0, 0.1) is 0 Å². The van der Waals surface area contributed by atoms with Crippen LogP contribution in [0.2, 0.25) is 0 Å². The molecule has 0 saturated carbocycles. The van der Waals surface area contributed by atoms with Crippen LogP contribution in [0.1, 0.15) is 42.0 Å². The maximum atomic E-state index is 12.4. The fraction of sp³-hybridized carbons (Fsp3) is 0.579. The van der Waals surface area contributed by atoms with Gasteiger partial charge in [0.15, 0.2) is 5.76 Å². The minimum Gasteiger partial charge on any atom is -0.454 e. The summed E-state index contributed by atoms with van der Waals surface area (Å²) in [5.41, 5.74) is 0. The Balaban J connectivity index is 1.23. The monoisotopic (exact) mass is 358 g/mol. The van der Waals surface area contributed by atoms with Crippen LogP contribution in [-0.4, -0.2) is 58.7 Å². The molecule has 1 amide bonds. The van der Waals surface area contributed by atoms with E-state index in [1.807, 2.05) is 16.8 Å². The molecule has 4 heterocycles. The second-order valence-corrected chi connectivity index (χ2v) is 7.18. The minimum absolute atomic E-state index is 0.126. The van der Waals surface area contributed by atoms with Gasteiger partial charge in [-0.3, -0.25) is 4.79 Å². The third-order valence-electron chi connectivity index (χ3n) is 5.19. The van der Waals surface area contributed by atoms with Crippen molar-refractivity contribution in [2.45, 2.75) is 44.4 Å². The van der Waals surface area contributed by atoms with Gasteiger partial charge in [0.2, 0.25) is 0 Å². The summed E-state index contributed by atoms with van der Waals surface area (Å²) < 4.78 is 13.3. The number of furan rings is 1. The van der Waals surface area contributed by atoms with Crippen LogP contribution in [0.3, 0.4) is 0 Å². The first-order chi connectivity index (χ1) is 12.8. The fourth-order valence-corrected chi connectivity index (χ4v) is 3.74. The van der Waals surface area contributed by atoms with E-state index >= 15 is 0 Å². The number of carbonyl (C=O) groups excluding carboxylic acids is 1. The van der Waals surface area contributed by atoms with E-state index in [9.17, 15) is 4.79 Å². The summed E-state index contributed by atoms with van der Waals surface area (Å²) in [7, 11) is 0. The Kier molecular flexibility index (Phi) is 5.36. The average molecular weight is 358 g/mol. The van der Waals surface area contributed by atoms with Crippen LogP contribution in [-0.2, 0) is 11.3 Å². The fourth-order valence-electron chi connectivity index (χ4n) is 3.74. The largest absolute Gasteiger partial charge is 0.454 e. The molecule has 2 fully saturated rings. The van der Waals surface area contributed by atoms with Gasteiger partial charge in [0.1, 0.15) is 5.76 Å². The van der Waals surface area contributed by atoms with Crippen LogP contribution in [0.5, 0.6) is 0 Å². The molecule has 2 saturated heterocycles. The Bertz CT molecular complexity index is 698. The van der Waals surface area contributed by atoms with E-state index in [0.29, 0.717) is 18.4 Å². The first kappa shape index (κ1) is 17.3. The van der Waals surface area contributed by atoms with Crippen molar-refractivity contribution in [2.24, 2.45) is 0 Å². The number of carbonyl (C=O) groups is 1. The van der Waals surface area contributed by atoms with Crippen molar-refractivity contribution in [2.75, 3.05) is 26.2 Å². The van der Waals surface area contributed by atoms with Crippen molar-refractivity contribution in [1.29, 1.82) is 0 Å². The van der Waals surface area contributed by atoms with E-state index in [1.165, 1.54) is 12.8 Å². The number of imidazole rings is 1. The van der Waals surface area contributed by atoms with Crippen molar-refractivity contribution in [3.8, 4) is 0 Å². The number of amides is 1. The lowest BCUT2D eigenvalue weighted by Crippen LogP contribution is -2.46. The van der Waals surface area contributed by atoms with E-state index in [4.69, 9.17) is 9.15 Å². The Morgan fingerprint density at radius 2 is 2.15 bits per heavy atom. The first-order valence-corrected chi connectivity index (χ1v) is 9.45. The van der Waals surface area contributed by atoms with E-state index < -0.39 is 0 Å². The zero-order valence-electron chi connectivity index (χ0n) is 15.0. The summed E-state index contributed by atoms with van der Waals surface area (Å²) >= 11 is 0. The predicted molar refractivity (Wildman–Crippen MR) is 95.9 cm³/mol.